The number of hydrogen-bond acceptors (Lipinski definition) is 3. The van der Waals surface area contributed by atoms with Crippen molar-refractivity contribution in [2.45, 2.75) is 44.0 Å². The molecule has 0 aromatic heterocycles. The fourth-order valence-corrected chi connectivity index (χ4v) is 3.45. The Bertz CT molecular complexity index is 471. The lowest BCUT2D eigenvalue weighted by atomic mass is 9.77. The summed E-state index contributed by atoms with van der Waals surface area (Å²) in [7, 11) is 0. The molecule has 0 saturated carbocycles. The summed E-state index contributed by atoms with van der Waals surface area (Å²) in [6.07, 6.45) is 1.46. The monoisotopic (exact) mass is 273 g/mol. The van der Waals surface area contributed by atoms with Crippen LogP contribution < -0.4 is 0 Å². The number of piperidine rings is 1. The molecule has 0 amide bonds. The maximum absolute atomic E-state index is 10.8. The number of rotatable bonds is 3. The number of ether oxygens (including phenoxy) is 1. The van der Waals surface area contributed by atoms with E-state index in [-0.39, 0.29) is 12.1 Å². The largest absolute Gasteiger partial charge is 0.385 e. The van der Waals surface area contributed by atoms with E-state index >= 15 is 0 Å². The van der Waals surface area contributed by atoms with Crippen LogP contribution in [-0.4, -0.2) is 40.9 Å². The SMILES string of the molecule is C=C(C)C1(O)CC2COCC(C1)N2Cc1ccccc1. The van der Waals surface area contributed by atoms with Crippen LogP contribution in [0, 0.1) is 0 Å². The molecule has 2 aliphatic heterocycles. The van der Waals surface area contributed by atoms with Gasteiger partial charge in [-0.15, -0.1) is 0 Å². The van der Waals surface area contributed by atoms with E-state index < -0.39 is 5.60 Å². The van der Waals surface area contributed by atoms with Crippen LogP contribution in [0.3, 0.4) is 0 Å². The van der Waals surface area contributed by atoms with E-state index in [0.29, 0.717) is 13.2 Å². The molecule has 3 rings (SSSR count). The molecule has 1 N–H and O–H groups in total. The van der Waals surface area contributed by atoms with Crippen molar-refractivity contribution in [2.24, 2.45) is 0 Å². The molecule has 0 spiro atoms. The van der Waals surface area contributed by atoms with Crippen LogP contribution in [0.25, 0.3) is 0 Å². The third kappa shape index (κ3) is 2.53. The summed E-state index contributed by atoms with van der Waals surface area (Å²) in [4.78, 5) is 2.50. The standard InChI is InChI=1S/C17H23NO2/c1-13(2)17(19)8-15-11-20-12-16(9-17)18(15)10-14-6-4-3-5-7-14/h3-7,15-16,19H,1,8-12H2,2H3. The molecule has 2 aliphatic rings. The topological polar surface area (TPSA) is 32.7 Å². The van der Waals surface area contributed by atoms with E-state index in [1.807, 2.05) is 13.0 Å². The molecular weight excluding hydrogens is 250 g/mol. The molecule has 3 heteroatoms. The Morgan fingerprint density at radius 1 is 1.30 bits per heavy atom. The number of benzene rings is 1. The second kappa shape index (κ2) is 5.32. The lowest BCUT2D eigenvalue weighted by Crippen LogP contribution is -2.61. The highest BCUT2D eigenvalue weighted by atomic mass is 16.5. The minimum absolute atomic E-state index is 0.282. The van der Waals surface area contributed by atoms with E-state index in [1.165, 1.54) is 5.56 Å². The van der Waals surface area contributed by atoms with Crippen LogP contribution in [0.4, 0.5) is 0 Å². The second-order valence-corrected chi connectivity index (χ2v) is 6.22. The van der Waals surface area contributed by atoms with Crippen molar-refractivity contribution in [3.05, 3.63) is 48.0 Å². The van der Waals surface area contributed by atoms with Crippen molar-refractivity contribution >= 4 is 0 Å². The minimum Gasteiger partial charge on any atom is -0.385 e. The summed E-state index contributed by atoms with van der Waals surface area (Å²) in [6, 6.07) is 11.1. The van der Waals surface area contributed by atoms with Gasteiger partial charge in [-0.2, -0.15) is 0 Å². The first-order chi connectivity index (χ1) is 9.58. The maximum atomic E-state index is 10.8. The van der Waals surface area contributed by atoms with Gasteiger partial charge in [0.2, 0.25) is 0 Å². The second-order valence-electron chi connectivity index (χ2n) is 6.22. The first kappa shape index (κ1) is 13.8. The molecule has 20 heavy (non-hydrogen) atoms. The van der Waals surface area contributed by atoms with Crippen molar-refractivity contribution < 1.29 is 9.84 Å². The Morgan fingerprint density at radius 3 is 2.45 bits per heavy atom. The van der Waals surface area contributed by atoms with E-state index in [9.17, 15) is 5.11 Å². The average molecular weight is 273 g/mol. The van der Waals surface area contributed by atoms with Gasteiger partial charge in [0.05, 0.1) is 18.8 Å². The normalized spacial score (nSPS) is 33.9. The smallest absolute Gasteiger partial charge is 0.0883 e. The van der Waals surface area contributed by atoms with Crippen molar-refractivity contribution in [1.82, 2.24) is 4.90 Å². The highest BCUT2D eigenvalue weighted by Gasteiger charge is 2.46. The van der Waals surface area contributed by atoms with Gasteiger partial charge >= 0.3 is 0 Å². The quantitative estimate of drug-likeness (QED) is 0.858. The Balaban J connectivity index is 1.79. The molecule has 2 fully saturated rings. The van der Waals surface area contributed by atoms with Gasteiger partial charge in [0.1, 0.15) is 0 Å². The predicted molar refractivity (Wildman–Crippen MR) is 79.4 cm³/mol. The molecule has 2 unspecified atom stereocenters. The number of morpholine rings is 1. The van der Waals surface area contributed by atoms with Crippen LogP contribution >= 0.6 is 0 Å². The number of nitrogens with zero attached hydrogens (tertiary/aromatic N) is 1. The molecule has 2 saturated heterocycles. The number of aliphatic hydroxyl groups is 1. The summed E-state index contributed by atoms with van der Waals surface area (Å²) in [5.41, 5.74) is 1.49. The summed E-state index contributed by atoms with van der Waals surface area (Å²) < 4.78 is 5.70. The molecule has 3 nitrogen and oxygen atoms in total. The Hall–Kier alpha value is -1.16. The zero-order valence-corrected chi connectivity index (χ0v) is 12.1. The molecule has 2 heterocycles. The Kier molecular flexibility index (Phi) is 3.67. The van der Waals surface area contributed by atoms with E-state index in [4.69, 9.17) is 4.74 Å². The third-order valence-electron chi connectivity index (χ3n) is 4.71. The van der Waals surface area contributed by atoms with Gasteiger partial charge in [0, 0.05) is 18.6 Å². The van der Waals surface area contributed by atoms with Gasteiger partial charge in [-0.25, -0.2) is 0 Å². The van der Waals surface area contributed by atoms with Crippen molar-refractivity contribution in [3.8, 4) is 0 Å². The third-order valence-corrected chi connectivity index (χ3v) is 4.71. The van der Waals surface area contributed by atoms with Gasteiger partial charge in [-0.1, -0.05) is 36.9 Å². The highest BCUT2D eigenvalue weighted by molar-refractivity contribution is 5.18. The number of fused-ring (bicyclic) bond motifs is 2. The summed E-state index contributed by atoms with van der Waals surface area (Å²) in [5.74, 6) is 0. The molecule has 108 valence electrons. The van der Waals surface area contributed by atoms with Crippen LogP contribution in [0.2, 0.25) is 0 Å². The molecule has 2 bridgehead atoms. The van der Waals surface area contributed by atoms with Gasteiger partial charge in [0.15, 0.2) is 0 Å². The fourth-order valence-electron chi connectivity index (χ4n) is 3.45. The highest BCUT2D eigenvalue weighted by Crippen LogP contribution is 2.38. The van der Waals surface area contributed by atoms with E-state index in [0.717, 1.165) is 25.0 Å². The van der Waals surface area contributed by atoms with E-state index in [1.54, 1.807) is 0 Å². The Labute approximate surface area is 120 Å². The minimum atomic E-state index is -0.716. The van der Waals surface area contributed by atoms with Crippen molar-refractivity contribution in [3.63, 3.8) is 0 Å². The molecule has 2 atom stereocenters. The zero-order chi connectivity index (χ0) is 14.2. The van der Waals surface area contributed by atoms with Crippen LogP contribution in [0.5, 0.6) is 0 Å². The first-order valence-corrected chi connectivity index (χ1v) is 7.34. The van der Waals surface area contributed by atoms with Crippen LogP contribution in [0.1, 0.15) is 25.3 Å². The number of hydrogen-bond donors (Lipinski definition) is 1. The average Bonchev–Trinajstić information content (AvgIpc) is 2.41. The first-order valence-electron chi connectivity index (χ1n) is 7.34. The van der Waals surface area contributed by atoms with Crippen molar-refractivity contribution in [2.75, 3.05) is 13.2 Å². The molecule has 0 aliphatic carbocycles. The maximum Gasteiger partial charge on any atom is 0.0883 e. The van der Waals surface area contributed by atoms with Crippen LogP contribution in [-0.2, 0) is 11.3 Å². The fraction of sp³-hybridized carbons (Fsp3) is 0.529. The molecular formula is C17H23NO2. The van der Waals surface area contributed by atoms with Gasteiger partial charge < -0.3 is 9.84 Å². The van der Waals surface area contributed by atoms with Gasteiger partial charge in [-0.3, -0.25) is 4.90 Å². The summed E-state index contributed by atoms with van der Waals surface area (Å²) >= 11 is 0. The molecule has 0 radical (unpaired) electrons. The predicted octanol–water partition coefficient (Wildman–Crippen LogP) is 2.36. The Morgan fingerprint density at radius 2 is 1.90 bits per heavy atom. The summed E-state index contributed by atoms with van der Waals surface area (Å²) in [5, 5.41) is 10.8. The van der Waals surface area contributed by atoms with Gasteiger partial charge in [-0.05, 0) is 30.9 Å². The zero-order valence-electron chi connectivity index (χ0n) is 12.1. The van der Waals surface area contributed by atoms with Crippen LogP contribution in [0.15, 0.2) is 42.5 Å². The lowest BCUT2D eigenvalue weighted by Gasteiger charge is -2.52. The molecule has 1 aromatic rings. The van der Waals surface area contributed by atoms with Gasteiger partial charge in [0.25, 0.3) is 0 Å². The lowest BCUT2D eigenvalue weighted by molar-refractivity contribution is -0.133. The van der Waals surface area contributed by atoms with Crippen molar-refractivity contribution in [1.29, 1.82) is 0 Å². The summed E-state index contributed by atoms with van der Waals surface area (Å²) in [6.45, 7) is 8.26. The molecule has 1 aromatic carbocycles. The van der Waals surface area contributed by atoms with E-state index in [2.05, 4.69) is 35.7 Å².